The number of allylic oxidation sites excluding steroid dienone is 3. The van der Waals surface area contributed by atoms with Crippen molar-refractivity contribution < 1.29 is 9.59 Å². The largest absolute Gasteiger partial charge is 0.362 e. The lowest BCUT2D eigenvalue weighted by Gasteiger charge is -2.39. The van der Waals surface area contributed by atoms with E-state index in [1.807, 2.05) is 43.5 Å². The Kier molecular flexibility index (Phi) is 6.01. The third-order valence-electron chi connectivity index (χ3n) is 7.21. The maximum Gasteiger partial charge on any atom is 0.249 e. The standard InChI is InChI=1S/C30H30N4O2/c1-18-26(29(36)32-13-12-21-17-33-23-7-5-4-6-22(21)23)27(20-10-8-19(16-31)9-11-20)28-24(34-18)14-30(2,3)15-25(28)35/h4-11,17,27,33-34H,12-15H2,1-3H3,(H,32,36). The summed E-state index contributed by atoms with van der Waals surface area (Å²) in [5.74, 6) is -0.580. The summed E-state index contributed by atoms with van der Waals surface area (Å²) >= 11 is 0. The van der Waals surface area contributed by atoms with Gasteiger partial charge < -0.3 is 15.6 Å². The summed E-state index contributed by atoms with van der Waals surface area (Å²) in [5, 5.41) is 16.9. The number of Topliss-reactive ketones (excluding diaryl/α,β-unsaturated/α-hetero) is 1. The summed E-state index contributed by atoms with van der Waals surface area (Å²) < 4.78 is 0. The van der Waals surface area contributed by atoms with Gasteiger partial charge in [-0.3, -0.25) is 9.59 Å². The molecule has 1 aliphatic heterocycles. The number of nitrogens with zero attached hydrogens (tertiary/aromatic N) is 1. The van der Waals surface area contributed by atoms with E-state index in [1.54, 1.807) is 12.1 Å². The van der Waals surface area contributed by atoms with Gasteiger partial charge in [-0.1, -0.05) is 44.2 Å². The zero-order valence-corrected chi connectivity index (χ0v) is 20.9. The number of benzene rings is 2. The van der Waals surface area contributed by atoms with Crippen LogP contribution in [0.2, 0.25) is 0 Å². The number of carbonyl (C=O) groups is 2. The molecule has 0 saturated carbocycles. The van der Waals surface area contributed by atoms with Gasteiger partial charge in [-0.05, 0) is 54.5 Å². The zero-order chi connectivity index (χ0) is 25.4. The fourth-order valence-electron chi connectivity index (χ4n) is 5.56. The Morgan fingerprint density at radius 1 is 1.14 bits per heavy atom. The Morgan fingerprint density at radius 2 is 1.89 bits per heavy atom. The van der Waals surface area contributed by atoms with E-state index in [2.05, 4.69) is 41.6 Å². The van der Waals surface area contributed by atoms with Gasteiger partial charge in [0.15, 0.2) is 5.78 Å². The number of ketones is 1. The maximum atomic E-state index is 13.6. The number of rotatable bonds is 5. The van der Waals surface area contributed by atoms with Gasteiger partial charge in [-0.25, -0.2) is 0 Å². The lowest BCUT2D eigenvalue weighted by molar-refractivity contribution is -0.118. The van der Waals surface area contributed by atoms with E-state index >= 15 is 0 Å². The molecule has 2 aromatic carbocycles. The summed E-state index contributed by atoms with van der Waals surface area (Å²) in [7, 11) is 0. The van der Waals surface area contributed by atoms with Crippen LogP contribution >= 0.6 is 0 Å². The molecule has 1 amide bonds. The quantitative estimate of drug-likeness (QED) is 0.481. The molecule has 1 atom stereocenters. The second kappa shape index (κ2) is 9.16. The van der Waals surface area contributed by atoms with E-state index in [0.29, 0.717) is 36.1 Å². The summed E-state index contributed by atoms with van der Waals surface area (Å²) in [6, 6.07) is 17.5. The van der Waals surface area contributed by atoms with Crippen molar-refractivity contribution in [2.75, 3.05) is 6.54 Å². The number of para-hydroxylation sites is 1. The molecule has 0 spiro atoms. The van der Waals surface area contributed by atoms with Crippen LogP contribution in [0.4, 0.5) is 0 Å². The Hall–Kier alpha value is -4.11. The molecule has 5 rings (SSSR count). The van der Waals surface area contributed by atoms with Crippen LogP contribution in [0.1, 0.15) is 56.2 Å². The monoisotopic (exact) mass is 478 g/mol. The second-order valence-corrected chi connectivity index (χ2v) is 10.5. The number of dihydropyridines is 1. The van der Waals surface area contributed by atoms with E-state index in [9.17, 15) is 14.9 Å². The molecular weight excluding hydrogens is 448 g/mol. The average molecular weight is 479 g/mol. The first kappa shape index (κ1) is 23.6. The molecule has 182 valence electrons. The molecule has 3 N–H and O–H groups in total. The number of aromatic nitrogens is 1. The molecule has 0 radical (unpaired) electrons. The van der Waals surface area contributed by atoms with E-state index in [-0.39, 0.29) is 17.1 Å². The van der Waals surface area contributed by atoms with Gasteiger partial charge >= 0.3 is 0 Å². The molecule has 3 aromatic rings. The number of nitriles is 1. The van der Waals surface area contributed by atoms with Crippen LogP contribution < -0.4 is 10.6 Å². The number of aromatic amines is 1. The highest BCUT2D eigenvalue weighted by molar-refractivity contribution is 6.05. The minimum absolute atomic E-state index is 0.0692. The van der Waals surface area contributed by atoms with Crippen molar-refractivity contribution in [1.82, 2.24) is 15.6 Å². The SMILES string of the molecule is CC1=C(C(=O)NCCc2c[nH]c3ccccc23)C(c2ccc(C#N)cc2)C2=C(CC(C)(C)CC2=O)N1. The molecule has 1 aromatic heterocycles. The Bertz CT molecular complexity index is 1460. The van der Waals surface area contributed by atoms with E-state index in [1.165, 1.54) is 0 Å². The summed E-state index contributed by atoms with van der Waals surface area (Å²) in [5.41, 5.74) is 6.37. The number of hydrogen-bond acceptors (Lipinski definition) is 4. The van der Waals surface area contributed by atoms with Gasteiger partial charge in [-0.2, -0.15) is 5.26 Å². The third-order valence-corrected chi connectivity index (χ3v) is 7.21. The Balaban J connectivity index is 1.44. The minimum atomic E-state index is -0.467. The molecule has 2 aliphatic rings. The summed E-state index contributed by atoms with van der Waals surface area (Å²) in [6.45, 7) is 6.57. The number of H-pyrrole nitrogens is 1. The first-order chi connectivity index (χ1) is 17.3. The van der Waals surface area contributed by atoms with Crippen molar-refractivity contribution in [2.45, 2.75) is 46.0 Å². The van der Waals surface area contributed by atoms with E-state index in [4.69, 9.17) is 0 Å². The highest BCUT2D eigenvalue weighted by atomic mass is 16.2. The second-order valence-electron chi connectivity index (χ2n) is 10.5. The zero-order valence-electron chi connectivity index (χ0n) is 20.9. The fraction of sp³-hybridized carbons (Fsp3) is 0.300. The van der Waals surface area contributed by atoms with Crippen molar-refractivity contribution in [3.05, 3.63) is 94.0 Å². The van der Waals surface area contributed by atoms with Crippen molar-refractivity contribution in [2.24, 2.45) is 5.41 Å². The van der Waals surface area contributed by atoms with Crippen molar-refractivity contribution in [3.63, 3.8) is 0 Å². The van der Waals surface area contributed by atoms with Gasteiger partial charge in [0.25, 0.3) is 0 Å². The number of nitrogens with one attached hydrogen (secondary N) is 3. The Labute approximate surface area is 211 Å². The lowest BCUT2D eigenvalue weighted by atomic mass is 9.68. The van der Waals surface area contributed by atoms with Crippen LogP contribution in [0, 0.1) is 16.7 Å². The summed E-state index contributed by atoms with van der Waals surface area (Å²) in [4.78, 5) is 30.3. The molecule has 2 heterocycles. The smallest absolute Gasteiger partial charge is 0.249 e. The minimum Gasteiger partial charge on any atom is -0.362 e. The number of fused-ring (bicyclic) bond motifs is 1. The highest BCUT2D eigenvalue weighted by Gasteiger charge is 2.42. The molecule has 6 heteroatoms. The number of amides is 1. The van der Waals surface area contributed by atoms with E-state index < -0.39 is 5.92 Å². The third kappa shape index (κ3) is 4.33. The lowest BCUT2D eigenvalue weighted by Crippen LogP contribution is -2.41. The first-order valence-electron chi connectivity index (χ1n) is 12.3. The van der Waals surface area contributed by atoms with Gasteiger partial charge in [-0.15, -0.1) is 0 Å². The molecule has 1 aliphatic carbocycles. The van der Waals surface area contributed by atoms with Crippen molar-refractivity contribution in [3.8, 4) is 6.07 Å². The number of hydrogen-bond donors (Lipinski definition) is 3. The van der Waals surface area contributed by atoms with Crippen LogP contribution in [0.5, 0.6) is 0 Å². The van der Waals surface area contributed by atoms with Gasteiger partial charge in [0.2, 0.25) is 5.91 Å². The molecule has 6 nitrogen and oxygen atoms in total. The summed E-state index contributed by atoms with van der Waals surface area (Å²) in [6.07, 6.45) is 3.86. The predicted octanol–water partition coefficient (Wildman–Crippen LogP) is 5.00. The highest BCUT2D eigenvalue weighted by Crippen LogP contribution is 2.46. The molecular formula is C30H30N4O2. The first-order valence-corrected chi connectivity index (χ1v) is 12.3. The predicted molar refractivity (Wildman–Crippen MR) is 140 cm³/mol. The van der Waals surface area contributed by atoms with Crippen molar-refractivity contribution in [1.29, 1.82) is 5.26 Å². The maximum absolute atomic E-state index is 13.6. The van der Waals surface area contributed by atoms with Gasteiger partial charge in [0, 0.05) is 58.5 Å². The van der Waals surface area contributed by atoms with E-state index in [0.717, 1.165) is 39.8 Å². The van der Waals surface area contributed by atoms with Crippen LogP contribution in [-0.2, 0) is 16.0 Å². The van der Waals surface area contributed by atoms with Crippen LogP contribution in [0.15, 0.2) is 77.3 Å². The Morgan fingerprint density at radius 3 is 2.64 bits per heavy atom. The molecule has 36 heavy (non-hydrogen) atoms. The molecule has 0 saturated heterocycles. The van der Waals surface area contributed by atoms with Crippen molar-refractivity contribution >= 4 is 22.6 Å². The van der Waals surface area contributed by atoms with Gasteiger partial charge in [0.1, 0.15) is 0 Å². The topological polar surface area (TPSA) is 97.8 Å². The van der Waals surface area contributed by atoms with Gasteiger partial charge in [0.05, 0.1) is 11.6 Å². The van der Waals surface area contributed by atoms with Crippen LogP contribution in [0.3, 0.4) is 0 Å². The normalized spacial score (nSPS) is 19.1. The molecule has 0 bridgehead atoms. The number of carbonyl (C=O) groups excluding carboxylic acids is 2. The average Bonchev–Trinajstić information content (AvgIpc) is 3.25. The van der Waals surface area contributed by atoms with Crippen LogP contribution in [0.25, 0.3) is 10.9 Å². The van der Waals surface area contributed by atoms with Crippen LogP contribution in [-0.4, -0.2) is 23.2 Å². The molecule has 1 unspecified atom stereocenters. The molecule has 0 fully saturated rings. The fourth-order valence-corrected chi connectivity index (χ4v) is 5.56.